The number of rotatable bonds is 2. The highest BCUT2D eigenvalue weighted by molar-refractivity contribution is 7.13. The average Bonchev–Trinajstić information content (AvgIpc) is 2.85. The Bertz CT molecular complexity index is 552. The maximum absolute atomic E-state index is 11.6. The zero-order valence-electron chi connectivity index (χ0n) is 9.43. The first kappa shape index (κ1) is 11.5. The number of anilines is 1. The van der Waals surface area contributed by atoms with Gasteiger partial charge in [0.05, 0.1) is 40.1 Å². The molecule has 0 aliphatic heterocycles. The summed E-state index contributed by atoms with van der Waals surface area (Å²) < 4.78 is 4.69. The monoisotopic (exact) mass is 249 g/mol. The molecular weight excluding hydrogens is 238 g/mol. The van der Waals surface area contributed by atoms with Gasteiger partial charge in [0.2, 0.25) is 0 Å². The molecule has 2 rings (SSSR count). The fourth-order valence-corrected chi connectivity index (χ4v) is 2.01. The van der Waals surface area contributed by atoms with Gasteiger partial charge in [0, 0.05) is 6.20 Å². The SMILES string of the molecule is COC(=O)c1cc(-c2cncs2)nc(C)c1N. The number of pyridine rings is 1. The van der Waals surface area contributed by atoms with E-state index >= 15 is 0 Å². The number of hydrogen-bond donors (Lipinski definition) is 1. The third kappa shape index (κ3) is 2.12. The summed E-state index contributed by atoms with van der Waals surface area (Å²) >= 11 is 1.45. The smallest absolute Gasteiger partial charge is 0.340 e. The topological polar surface area (TPSA) is 78.1 Å². The molecule has 0 aromatic carbocycles. The summed E-state index contributed by atoms with van der Waals surface area (Å²) in [6, 6.07) is 1.63. The Balaban J connectivity index is 2.57. The fourth-order valence-electron chi connectivity index (χ4n) is 1.43. The fraction of sp³-hybridized carbons (Fsp3) is 0.182. The van der Waals surface area contributed by atoms with Crippen molar-refractivity contribution in [3.05, 3.63) is 29.0 Å². The minimum absolute atomic E-state index is 0.336. The molecule has 2 aromatic heterocycles. The molecule has 2 heterocycles. The highest BCUT2D eigenvalue weighted by Crippen LogP contribution is 2.26. The first-order valence-electron chi connectivity index (χ1n) is 4.87. The minimum atomic E-state index is -0.459. The number of methoxy groups -OCH3 is 1. The van der Waals surface area contributed by atoms with E-state index in [0.717, 1.165) is 4.88 Å². The van der Waals surface area contributed by atoms with Crippen LogP contribution >= 0.6 is 11.3 Å². The van der Waals surface area contributed by atoms with Crippen LogP contribution in [0.15, 0.2) is 17.8 Å². The predicted molar refractivity (Wildman–Crippen MR) is 65.8 cm³/mol. The van der Waals surface area contributed by atoms with E-state index in [1.807, 2.05) is 0 Å². The second kappa shape index (κ2) is 4.50. The number of carbonyl (C=O) groups excluding carboxylic acids is 1. The first-order chi connectivity index (χ1) is 8.13. The van der Waals surface area contributed by atoms with Crippen LogP contribution in [0.3, 0.4) is 0 Å². The predicted octanol–water partition coefficient (Wildman–Crippen LogP) is 1.88. The molecule has 88 valence electrons. The number of ether oxygens (including phenoxy) is 1. The van der Waals surface area contributed by atoms with Gasteiger partial charge in [-0.15, -0.1) is 11.3 Å². The molecule has 0 unspecified atom stereocenters. The second-order valence-electron chi connectivity index (χ2n) is 3.41. The molecule has 0 spiro atoms. The quantitative estimate of drug-likeness (QED) is 0.822. The summed E-state index contributed by atoms with van der Waals surface area (Å²) in [5.41, 5.74) is 9.49. The Morgan fingerprint density at radius 3 is 2.88 bits per heavy atom. The minimum Gasteiger partial charge on any atom is -0.465 e. The van der Waals surface area contributed by atoms with E-state index in [1.165, 1.54) is 18.4 Å². The van der Waals surface area contributed by atoms with Gasteiger partial charge in [0.25, 0.3) is 0 Å². The number of hydrogen-bond acceptors (Lipinski definition) is 6. The van der Waals surface area contributed by atoms with Crippen molar-refractivity contribution in [2.24, 2.45) is 0 Å². The van der Waals surface area contributed by atoms with Crippen molar-refractivity contribution >= 4 is 23.0 Å². The molecule has 0 radical (unpaired) electrons. The number of carbonyl (C=O) groups is 1. The lowest BCUT2D eigenvalue weighted by Gasteiger charge is -2.08. The molecule has 0 bridgehead atoms. The van der Waals surface area contributed by atoms with Crippen LogP contribution in [0, 0.1) is 6.92 Å². The zero-order chi connectivity index (χ0) is 12.4. The van der Waals surface area contributed by atoms with Crippen molar-refractivity contribution in [1.29, 1.82) is 0 Å². The van der Waals surface area contributed by atoms with Gasteiger partial charge in [0.15, 0.2) is 0 Å². The number of nitrogen functional groups attached to an aromatic ring is 1. The highest BCUT2D eigenvalue weighted by atomic mass is 32.1. The highest BCUT2D eigenvalue weighted by Gasteiger charge is 2.15. The van der Waals surface area contributed by atoms with Crippen molar-refractivity contribution in [2.45, 2.75) is 6.92 Å². The molecule has 5 nitrogen and oxygen atoms in total. The summed E-state index contributed by atoms with van der Waals surface area (Å²) in [7, 11) is 1.32. The molecule has 0 atom stereocenters. The van der Waals surface area contributed by atoms with Crippen LogP contribution in [0.4, 0.5) is 5.69 Å². The van der Waals surface area contributed by atoms with Gasteiger partial charge >= 0.3 is 5.97 Å². The van der Waals surface area contributed by atoms with Gasteiger partial charge < -0.3 is 10.5 Å². The Hall–Kier alpha value is -1.95. The molecule has 0 saturated heterocycles. The summed E-state index contributed by atoms with van der Waals surface area (Å²) in [5.74, 6) is -0.459. The lowest BCUT2D eigenvalue weighted by molar-refractivity contribution is 0.0602. The van der Waals surface area contributed by atoms with Crippen LogP contribution < -0.4 is 5.73 Å². The summed E-state index contributed by atoms with van der Waals surface area (Å²) in [4.78, 5) is 20.8. The van der Waals surface area contributed by atoms with Crippen LogP contribution in [0.1, 0.15) is 16.1 Å². The molecule has 6 heteroatoms. The zero-order valence-corrected chi connectivity index (χ0v) is 10.2. The third-order valence-electron chi connectivity index (χ3n) is 2.34. The number of nitrogens with zero attached hydrogens (tertiary/aromatic N) is 2. The van der Waals surface area contributed by atoms with Gasteiger partial charge in [-0.25, -0.2) is 4.79 Å². The van der Waals surface area contributed by atoms with Crippen molar-refractivity contribution in [3.8, 4) is 10.6 Å². The van der Waals surface area contributed by atoms with Crippen LogP contribution in [0.25, 0.3) is 10.6 Å². The van der Waals surface area contributed by atoms with E-state index in [1.54, 1.807) is 24.7 Å². The summed E-state index contributed by atoms with van der Waals surface area (Å²) in [5, 5.41) is 0. The Morgan fingerprint density at radius 1 is 1.53 bits per heavy atom. The number of thiazole rings is 1. The molecule has 2 N–H and O–H groups in total. The van der Waals surface area contributed by atoms with Gasteiger partial charge in [-0.05, 0) is 13.0 Å². The molecule has 0 aliphatic carbocycles. The number of aromatic nitrogens is 2. The molecule has 0 aliphatic rings. The lowest BCUT2D eigenvalue weighted by atomic mass is 10.1. The summed E-state index contributed by atoms with van der Waals surface area (Å²) in [6.45, 7) is 1.76. The van der Waals surface area contributed by atoms with E-state index < -0.39 is 5.97 Å². The number of nitrogens with two attached hydrogens (primary N) is 1. The molecule has 0 fully saturated rings. The van der Waals surface area contributed by atoms with Crippen molar-refractivity contribution in [1.82, 2.24) is 9.97 Å². The van der Waals surface area contributed by atoms with E-state index in [2.05, 4.69) is 14.7 Å². The molecule has 17 heavy (non-hydrogen) atoms. The maximum atomic E-state index is 11.6. The molecular formula is C11H11N3O2S. The normalized spacial score (nSPS) is 10.2. The third-order valence-corrected chi connectivity index (χ3v) is 3.13. The average molecular weight is 249 g/mol. The standard InChI is InChI=1S/C11H11N3O2S/c1-6-10(12)7(11(15)16-2)3-8(14-6)9-4-13-5-17-9/h3-5H,12H2,1-2H3. The largest absolute Gasteiger partial charge is 0.465 e. The first-order valence-corrected chi connectivity index (χ1v) is 5.75. The van der Waals surface area contributed by atoms with Crippen LogP contribution in [-0.4, -0.2) is 23.0 Å². The van der Waals surface area contributed by atoms with Crippen LogP contribution in [0.5, 0.6) is 0 Å². The van der Waals surface area contributed by atoms with E-state index in [9.17, 15) is 4.79 Å². The molecule has 0 saturated carbocycles. The van der Waals surface area contributed by atoms with Crippen LogP contribution in [-0.2, 0) is 4.74 Å². The maximum Gasteiger partial charge on any atom is 0.340 e. The van der Waals surface area contributed by atoms with Gasteiger partial charge in [-0.3, -0.25) is 9.97 Å². The van der Waals surface area contributed by atoms with Crippen molar-refractivity contribution in [3.63, 3.8) is 0 Å². The second-order valence-corrected chi connectivity index (χ2v) is 4.30. The Labute approximate surface area is 102 Å². The molecule has 2 aromatic rings. The summed E-state index contributed by atoms with van der Waals surface area (Å²) in [6.07, 6.45) is 1.70. The lowest BCUT2D eigenvalue weighted by Crippen LogP contribution is -2.08. The number of esters is 1. The van der Waals surface area contributed by atoms with Gasteiger partial charge in [-0.1, -0.05) is 0 Å². The number of aryl methyl sites for hydroxylation is 1. The molecule has 0 amide bonds. The van der Waals surface area contributed by atoms with Crippen LogP contribution in [0.2, 0.25) is 0 Å². The van der Waals surface area contributed by atoms with Crippen molar-refractivity contribution < 1.29 is 9.53 Å². The van der Waals surface area contributed by atoms with E-state index in [0.29, 0.717) is 22.6 Å². The Morgan fingerprint density at radius 2 is 2.29 bits per heavy atom. The Kier molecular flexibility index (Phi) is 3.06. The van der Waals surface area contributed by atoms with Gasteiger partial charge in [0.1, 0.15) is 0 Å². The van der Waals surface area contributed by atoms with E-state index in [-0.39, 0.29) is 0 Å². The van der Waals surface area contributed by atoms with Crippen molar-refractivity contribution in [2.75, 3.05) is 12.8 Å². The van der Waals surface area contributed by atoms with E-state index in [4.69, 9.17) is 5.73 Å². The van der Waals surface area contributed by atoms with Gasteiger partial charge in [-0.2, -0.15) is 0 Å².